The molecule has 0 fully saturated rings. The number of furan rings is 1. The van der Waals surface area contributed by atoms with Crippen LogP contribution in [0.3, 0.4) is 0 Å². The minimum absolute atomic E-state index is 0.152. The Kier molecular flexibility index (Phi) is 3.09. The second kappa shape index (κ2) is 4.31. The third-order valence-corrected chi connectivity index (χ3v) is 1.37. The molecule has 0 radical (unpaired) electrons. The van der Waals surface area contributed by atoms with Gasteiger partial charge in [0.1, 0.15) is 0 Å². The molecule has 1 heterocycles. The summed E-state index contributed by atoms with van der Waals surface area (Å²) in [5, 5.41) is 0. The Bertz CT molecular complexity index is 335. The van der Waals surface area contributed by atoms with Crippen molar-refractivity contribution >= 4 is 5.97 Å². The second-order valence-electron chi connectivity index (χ2n) is 2.30. The molecule has 0 atom stereocenters. The van der Waals surface area contributed by atoms with Gasteiger partial charge < -0.3 is 14.0 Å². The highest BCUT2D eigenvalue weighted by atomic mass is 16.5. The SMILES string of the molecule is [C-]#[N+]Cc1ccc(C(=O)OCC)o1. The maximum atomic E-state index is 11.1. The van der Waals surface area contributed by atoms with E-state index < -0.39 is 5.97 Å². The van der Waals surface area contributed by atoms with E-state index in [1.165, 1.54) is 6.07 Å². The molecule has 13 heavy (non-hydrogen) atoms. The van der Waals surface area contributed by atoms with Gasteiger partial charge in [-0.1, -0.05) is 0 Å². The third-order valence-electron chi connectivity index (χ3n) is 1.37. The highest BCUT2D eigenvalue weighted by Gasteiger charge is 2.12. The van der Waals surface area contributed by atoms with Gasteiger partial charge in [0.15, 0.2) is 5.76 Å². The molecule has 0 N–H and O–H groups in total. The fraction of sp³-hybridized carbons (Fsp3) is 0.333. The number of carbonyl (C=O) groups is 1. The topological polar surface area (TPSA) is 43.8 Å². The van der Waals surface area contributed by atoms with Crippen LogP contribution in [0.4, 0.5) is 0 Å². The largest absolute Gasteiger partial charge is 0.460 e. The van der Waals surface area contributed by atoms with Crippen LogP contribution >= 0.6 is 0 Å². The summed E-state index contributed by atoms with van der Waals surface area (Å²) >= 11 is 0. The highest BCUT2D eigenvalue weighted by molar-refractivity contribution is 5.86. The smallest absolute Gasteiger partial charge is 0.374 e. The van der Waals surface area contributed by atoms with Crippen LogP contribution in [0.25, 0.3) is 4.85 Å². The molecule has 1 rings (SSSR count). The summed E-state index contributed by atoms with van der Waals surface area (Å²) in [6, 6.07) is 3.11. The molecule has 0 bridgehead atoms. The summed E-state index contributed by atoms with van der Waals surface area (Å²) < 4.78 is 9.76. The number of esters is 1. The molecule has 0 aliphatic heterocycles. The Hall–Kier alpha value is -1.76. The molecule has 0 aliphatic carbocycles. The summed E-state index contributed by atoms with van der Waals surface area (Å²) in [5.41, 5.74) is 0. The monoisotopic (exact) mass is 179 g/mol. The first kappa shape index (κ1) is 9.33. The molecule has 0 saturated heterocycles. The average Bonchev–Trinajstić information content (AvgIpc) is 2.54. The zero-order valence-corrected chi connectivity index (χ0v) is 7.24. The first-order valence-electron chi connectivity index (χ1n) is 3.87. The van der Waals surface area contributed by atoms with Crippen molar-refractivity contribution in [2.75, 3.05) is 6.61 Å². The van der Waals surface area contributed by atoms with Gasteiger partial charge >= 0.3 is 5.97 Å². The molecular weight excluding hydrogens is 170 g/mol. The van der Waals surface area contributed by atoms with Gasteiger partial charge in [-0.2, -0.15) is 0 Å². The minimum atomic E-state index is -0.487. The van der Waals surface area contributed by atoms with Crippen LogP contribution in [-0.2, 0) is 11.3 Å². The molecule has 4 heteroatoms. The molecule has 1 aromatic rings. The maximum Gasteiger partial charge on any atom is 0.374 e. The van der Waals surface area contributed by atoms with Gasteiger partial charge in [-0.05, 0) is 19.1 Å². The van der Waals surface area contributed by atoms with Gasteiger partial charge in [-0.15, -0.1) is 0 Å². The summed E-state index contributed by atoms with van der Waals surface area (Å²) in [4.78, 5) is 14.2. The lowest BCUT2D eigenvalue weighted by Crippen LogP contribution is -2.02. The molecular formula is C9H9NO3. The molecule has 0 spiro atoms. The van der Waals surface area contributed by atoms with Crippen LogP contribution in [0.15, 0.2) is 16.5 Å². The lowest BCUT2D eigenvalue weighted by molar-refractivity contribution is 0.0488. The van der Waals surface area contributed by atoms with Gasteiger partial charge in [0.2, 0.25) is 5.76 Å². The van der Waals surface area contributed by atoms with Crippen molar-refractivity contribution in [3.63, 3.8) is 0 Å². The Morgan fingerprint density at radius 1 is 1.69 bits per heavy atom. The summed E-state index contributed by atoms with van der Waals surface area (Å²) in [7, 11) is 0. The van der Waals surface area contributed by atoms with Crippen molar-refractivity contribution in [1.82, 2.24) is 0 Å². The molecule has 0 aliphatic rings. The number of rotatable bonds is 3. The quantitative estimate of drug-likeness (QED) is 0.525. The number of hydrogen-bond donors (Lipinski definition) is 0. The standard InChI is InChI=1S/C9H9NO3/c1-3-12-9(11)8-5-4-7(13-8)6-10-2/h4-5H,3,6H2,1H3. The van der Waals surface area contributed by atoms with Gasteiger partial charge in [-0.3, -0.25) is 0 Å². The highest BCUT2D eigenvalue weighted by Crippen LogP contribution is 2.09. The predicted molar refractivity (Wildman–Crippen MR) is 45.0 cm³/mol. The molecule has 68 valence electrons. The molecule has 1 aromatic heterocycles. The first-order valence-corrected chi connectivity index (χ1v) is 3.87. The van der Waals surface area contributed by atoms with Crippen LogP contribution in [0.1, 0.15) is 23.2 Å². The van der Waals surface area contributed by atoms with E-state index in [-0.39, 0.29) is 12.3 Å². The summed E-state index contributed by atoms with van der Waals surface area (Å²) in [6.07, 6.45) is 0. The molecule has 0 saturated carbocycles. The molecule has 4 nitrogen and oxygen atoms in total. The van der Waals surface area contributed by atoms with Crippen LogP contribution in [-0.4, -0.2) is 12.6 Å². The molecule has 0 amide bonds. The van der Waals surface area contributed by atoms with Crippen LogP contribution in [0.2, 0.25) is 0 Å². The van der Waals surface area contributed by atoms with E-state index in [0.717, 1.165) is 0 Å². The van der Waals surface area contributed by atoms with Crippen molar-refractivity contribution in [2.24, 2.45) is 0 Å². The van der Waals surface area contributed by atoms with Crippen LogP contribution in [0.5, 0.6) is 0 Å². The average molecular weight is 179 g/mol. The predicted octanol–water partition coefficient (Wildman–Crippen LogP) is 1.88. The van der Waals surface area contributed by atoms with Gasteiger partial charge in [-0.25, -0.2) is 11.4 Å². The van der Waals surface area contributed by atoms with Crippen molar-refractivity contribution in [3.8, 4) is 0 Å². The first-order chi connectivity index (χ1) is 6.27. The zero-order chi connectivity index (χ0) is 9.68. The second-order valence-corrected chi connectivity index (χ2v) is 2.30. The van der Waals surface area contributed by atoms with E-state index in [4.69, 9.17) is 15.7 Å². The van der Waals surface area contributed by atoms with Gasteiger partial charge in [0.05, 0.1) is 6.61 Å². The number of nitrogens with zero attached hydrogens (tertiary/aromatic N) is 1. The Labute approximate surface area is 75.9 Å². The fourth-order valence-electron chi connectivity index (χ4n) is 0.853. The van der Waals surface area contributed by atoms with E-state index in [0.29, 0.717) is 12.4 Å². The van der Waals surface area contributed by atoms with Crippen molar-refractivity contribution in [1.29, 1.82) is 0 Å². The minimum Gasteiger partial charge on any atom is -0.460 e. The van der Waals surface area contributed by atoms with Crippen molar-refractivity contribution in [3.05, 3.63) is 35.1 Å². The lowest BCUT2D eigenvalue weighted by atomic mass is 10.4. The number of hydrogen-bond acceptors (Lipinski definition) is 3. The fourth-order valence-corrected chi connectivity index (χ4v) is 0.853. The Morgan fingerprint density at radius 3 is 3.08 bits per heavy atom. The van der Waals surface area contributed by atoms with Crippen LogP contribution in [0, 0.1) is 6.57 Å². The van der Waals surface area contributed by atoms with E-state index in [1.807, 2.05) is 0 Å². The van der Waals surface area contributed by atoms with Crippen molar-refractivity contribution in [2.45, 2.75) is 13.5 Å². The summed E-state index contributed by atoms with van der Waals surface area (Å²) in [6.45, 7) is 8.78. The van der Waals surface area contributed by atoms with E-state index in [2.05, 4.69) is 4.85 Å². The molecule has 0 aromatic carbocycles. The number of ether oxygens (including phenoxy) is 1. The van der Waals surface area contributed by atoms with E-state index >= 15 is 0 Å². The molecule has 0 unspecified atom stereocenters. The third kappa shape index (κ3) is 2.34. The zero-order valence-electron chi connectivity index (χ0n) is 7.24. The normalized spacial score (nSPS) is 9.23. The summed E-state index contributed by atoms with van der Waals surface area (Å²) in [5.74, 6) is 0.150. The Balaban J connectivity index is 2.69. The van der Waals surface area contributed by atoms with E-state index in [1.54, 1.807) is 13.0 Å². The van der Waals surface area contributed by atoms with Gasteiger partial charge in [0, 0.05) is 0 Å². The number of carbonyl (C=O) groups excluding carboxylic acids is 1. The Morgan fingerprint density at radius 2 is 2.46 bits per heavy atom. The van der Waals surface area contributed by atoms with E-state index in [9.17, 15) is 4.79 Å². The lowest BCUT2D eigenvalue weighted by Gasteiger charge is -1.95. The van der Waals surface area contributed by atoms with Crippen molar-refractivity contribution < 1.29 is 13.9 Å². The maximum absolute atomic E-state index is 11.1. The van der Waals surface area contributed by atoms with Crippen LogP contribution < -0.4 is 0 Å². The van der Waals surface area contributed by atoms with Gasteiger partial charge in [0.25, 0.3) is 6.54 Å².